The van der Waals surface area contributed by atoms with Crippen LogP contribution in [0.25, 0.3) is 0 Å². The van der Waals surface area contributed by atoms with Crippen molar-refractivity contribution in [2.75, 3.05) is 44.8 Å². The summed E-state index contributed by atoms with van der Waals surface area (Å²) < 4.78 is 5.46. The third-order valence-corrected chi connectivity index (χ3v) is 9.63. The van der Waals surface area contributed by atoms with Crippen molar-refractivity contribution in [2.45, 2.75) is 61.3 Å². The van der Waals surface area contributed by atoms with Gasteiger partial charge in [-0.3, -0.25) is 9.59 Å². The van der Waals surface area contributed by atoms with Crippen LogP contribution in [-0.4, -0.2) is 77.8 Å². The number of hydrogen-bond donors (Lipinski definition) is 1. The van der Waals surface area contributed by atoms with E-state index in [0.717, 1.165) is 54.1 Å². The van der Waals surface area contributed by atoms with Gasteiger partial charge in [0, 0.05) is 48.6 Å². The average Bonchev–Trinajstić information content (AvgIpc) is 3.33. The first kappa shape index (κ1) is 24.7. The Morgan fingerprint density at radius 1 is 1.12 bits per heavy atom. The molecular weight excluding hydrogens is 454 g/mol. The molecule has 0 bridgehead atoms. The Morgan fingerprint density at radius 3 is 2.73 bits per heavy atom. The fourth-order valence-corrected chi connectivity index (χ4v) is 7.82. The van der Waals surface area contributed by atoms with Crippen molar-refractivity contribution < 1.29 is 14.3 Å². The largest absolute Gasteiger partial charge is 0.496 e. The van der Waals surface area contributed by atoms with Gasteiger partial charge in [-0.25, -0.2) is 0 Å². The molecule has 1 aliphatic carbocycles. The number of rotatable bonds is 8. The van der Waals surface area contributed by atoms with Gasteiger partial charge in [0.25, 0.3) is 0 Å². The topological polar surface area (TPSA) is 61.9 Å². The van der Waals surface area contributed by atoms with Crippen LogP contribution in [0.3, 0.4) is 0 Å². The van der Waals surface area contributed by atoms with Gasteiger partial charge in [-0.05, 0) is 24.5 Å². The summed E-state index contributed by atoms with van der Waals surface area (Å²) in [6.07, 6.45) is 7.63. The first-order valence-electron chi connectivity index (χ1n) is 12.3. The summed E-state index contributed by atoms with van der Waals surface area (Å²) >= 11 is 3.52. The quantitative estimate of drug-likeness (QED) is 0.440. The van der Waals surface area contributed by atoms with Gasteiger partial charge in [0.15, 0.2) is 0 Å². The van der Waals surface area contributed by atoms with Crippen LogP contribution < -0.4 is 10.1 Å². The van der Waals surface area contributed by atoms with Crippen molar-refractivity contribution in [3.05, 3.63) is 24.3 Å². The molecule has 1 N–H and O–H groups in total. The summed E-state index contributed by atoms with van der Waals surface area (Å²) in [6.45, 7) is 3.11. The molecule has 2 amide bonds. The zero-order chi connectivity index (χ0) is 23.0. The maximum Gasteiger partial charge on any atom is 0.232 e. The molecule has 2 saturated heterocycles. The highest BCUT2D eigenvalue weighted by Crippen LogP contribution is 2.34. The molecular formula is C25H37N3O3S2. The predicted octanol–water partition coefficient (Wildman–Crippen LogP) is 3.85. The summed E-state index contributed by atoms with van der Waals surface area (Å²) in [5.41, 5.74) is 0. The van der Waals surface area contributed by atoms with E-state index in [0.29, 0.717) is 6.54 Å². The molecule has 3 fully saturated rings. The van der Waals surface area contributed by atoms with Crippen molar-refractivity contribution in [1.29, 1.82) is 0 Å². The molecule has 4 rings (SSSR count). The van der Waals surface area contributed by atoms with E-state index in [1.54, 1.807) is 30.6 Å². The highest BCUT2D eigenvalue weighted by atomic mass is 32.2. The number of carbonyl (C=O) groups is 2. The summed E-state index contributed by atoms with van der Waals surface area (Å²) in [4.78, 5) is 31.4. The van der Waals surface area contributed by atoms with E-state index in [4.69, 9.17) is 4.74 Å². The predicted molar refractivity (Wildman–Crippen MR) is 136 cm³/mol. The lowest BCUT2D eigenvalue weighted by Gasteiger charge is -2.39. The molecule has 1 aromatic carbocycles. The molecule has 1 saturated carbocycles. The molecule has 3 aliphatic rings. The van der Waals surface area contributed by atoms with Crippen molar-refractivity contribution >= 4 is 35.3 Å². The molecule has 33 heavy (non-hydrogen) atoms. The van der Waals surface area contributed by atoms with Crippen molar-refractivity contribution in [1.82, 2.24) is 15.1 Å². The van der Waals surface area contributed by atoms with E-state index in [-0.39, 0.29) is 29.7 Å². The summed E-state index contributed by atoms with van der Waals surface area (Å²) in [5.74, 6) is 3.29. The number of thioether (sulfide) groups is 2. The Bertz CT molecular complexity index is 803. The Labute approximate surface area is 206 Å². The Morgan fingerprint density at radius 2 is 1.91 bits per heavy atom. The van der Waals surface area contributed by atoms with Crippen LogP contribution in [-0.2, 0) is 9.59 Å². The van der Waals surface area contributed by atoms with Crippen molar-refractivity contribution in [2.24, 2.45) is 5.92 Å². The van der Waals surface area contributed by atoms with Crippen molar-refractivity contribution in [3.63, 3.8) is 0 Å². The first-order valence-corrected chi connectivity index (χ1v) is 14.4. The van der Waals surface area contributed by atoms with Gasteiger partial charge >= 0.3 is 0 Å². The molecule has 6 nitrogen and oxygen atoms in total. The van der Waals surface area contributed by atoms with Gasteiger partial charge < -0.3 is 19.9 Å². The lowest BCUT2D eigenvalue weighted by Crippen LogP contribution is -2.55. The van der Waals surface area contributed by atoms with E-state index in [2.05, 4.69) is 11.4 Å². The van der Waals surface area contributed by atoms with E-state index >= 15 is 0 Å². The Balaban J connectivity index is 1.31. The second-order valence-electron chi connectivity index (χ2n) is 9.24. The number of nitrogens with one attached hydrogen (secondary N) is 1. The SMILES string of the molecule is COc1ccccc1SCC1SCCN1C(=O)CC(=O)N1CCNCC1CC1CCCCC1. The van der Waals surface area contributed by atoms with Crippen molar-refractivity contribution in [3.8, 4) is 5.75 Å². The van der Waals surface area contributed by atoms with E-state index < -0.39 is 0 Å². The Kier molecular flexibility index (Phi) is 9.26. The first-order chi connectivity index (χ1) is 16.2. The zero-order valence-electron chi connectivity index (χ0n) is 19.7. The van der Waals surface area contributed by atoms with E-state index in [1.807, 2.05) is 28.0 Å². The number of piperazine rings is 1. The number of benzene rings is 1. The summed E-state index contributed by atoms with van der Waals surface area (Å²) in [7, 11) is 1.68. The molecule has 2 heterocycles. The number of methoxy groups -OCH3 is 1. The molecule has 8 heteroatoms. The Hall–Kier alpha value is -1.38. The van der Waals surface area contributed by atoms with Gasteiger partial charge in [0.2, 0.25) is 11.8 Å². The molecule has 182 valence electrons. The van der Waals surface area contributed by atoms with Gasteiger partial charge in [-0.15, -0.1) is 23.5 Å². The van der Waals surface area contributed by atoms with Crippen LogP contribution in [0.4, 0.5) is 0 Å². The fraction of sp³-hybridized carbons (Fsp3) is 0.680. The zero-order valence-corrected chi connectivity index (χ0v) is 21.3. The lowest BCUT2D eigenvalue weighted by atomic mass is 9.84. The smallest absolute Gasteiger partial charge is 0.232 e. The van der Waals surface area contributed by atoms with Gasteiger partial charge in [0.1, 0.15) is 12.2 Å². The average molecular weight is 492 g/mol. The van der Waals surface area contributed by atoms with Crippen LogP contribution in [0, 0.1) is 5.92 Å². The molecule has 2 aliphatic heterocycles. The van der Waals surface area contributed by atoms with Crippen LogP contribution in [0.2, 0.25) is 0 Å². The monoisotopic (exact) mass is 491 g/mol. The number of ether oxygens (including phenoxy) is 1. The molecule has 1 aromatic rings. The minimum Gasteiger partial charge on any atom is -0.496 e. The molecule has 2 unspecified atom stereocenters. The molecule has 0 radical (unpaired) electrons. The highest BCUT2D eigenvalue weighted by Gasteiger charge is 2.34. The van der Waals surface area contributed by atoms with Crippen LogP contribution in [0.5, 0.6) is 5.75 Å². The van der Waals surface area contributed by atoms with Crippen LogP contribution in [0.1, 0.15) is 44.9 Å². The molecule has 0 aromatic heterocycles. The standard InChI is InChI=1S/C25H37N3O3S2/c1-31-21-9-5-6-10-22(21)33-18-25-28(13-14-32-25)24(30)16-23(29)27-12-11-26-17-20(27)15-19-7-3-2-4-8-19/h5-6,9-10,19-20,25-26H,2-4,7-8,11-18H2,1H3. The van der Waals surface area contributed by atoms with E-state index in [1.165, 1.54) is 32.1 Å². The minimum atomic E-state index is -0.0226. The molecule has 0 spiro atoms. The maximum absolute atomic E-state index is 13.2. The second kappa shape index (κ2) is 12.4. The van der Waals surface area contributed by atoms with Gasteiger partial charge in [-0.1, -0.05) is 44.2 Å². The van der Waals surface area contributed by atoms with Gasteiger partial charge in [-0.2, -0.15) is 0 Å². The van der Waals surface area contributed by atoms with Crippen LogP contribution in [0.15, 0.2) is 29.2 Å². The van der Waals surface area contributed by atoms with Crippen LogP contribution >= 0.6 is 23.5 Å². The van der Waals surface area contributed by atoms with E-state index in [9.17, 15) is 9.59 Å². The third-order valence-electron chi connectivity index (χ3n) is 7.06. The second-order valence-corrected chi connectivity index (χ2v) is 11.6. The lowest BCUT2D eigenvalue weighted by molar-refractivity contribution is -0.142. The summed E-state index contributed by atoms with van der Waals surface area (Å²) in [5, 5.41) is 3.56. The number of nitrogens with zero attached hydrogens (tertiary/aromatic N) is 2. The van der Waals surface area contributed by atoms with Gasteiger partial charge in [0.05, 0.1) is 12.5 Å². The number of carbonyl (C=O) groups excluding carboxylic acids is 2. The third kappa shape index (κ3) is 6.61. The number of para-hydroxylation sites is 1. The summed E-state index contributed by atoms with van der Waals surface area (Å²) in [6, 6.07) is 8.21. The maximum atomic E-state index is 13.2. The fourth-order valence-electron chi connectivity index (χ4n) is 5.28. The molecule has 2 atom stereocenters. The highest BCUT2D eigenvalue weighted by molar-refractivity contribution is 8.03. The number of hydrogen-bond acceptors (Lipinski definition) is 6. The number of amides is 2. The normalized spacial score (nSPS) is 24.2. The minimum absolute atomic E-state index is 0.00243.